The van der Waals surface area contributed by atoms with Crippen LogP contribution < -0.4 is 10.6 Å². The summed E-state index contributed by atoms with van der Waals surface area (Å²) in [6.45, 7) is 0.242. The minimum absolute atomic E-state index is 0.111. The first kappa shape index (κ1) is 15.8. The molecule has 7 nitrogen and oxygen atoms in total. The second-order valence-electron chi connectivity index (χ2n) is 5.70. The third-order valence-electron chi connectivity index (χ3n) is 4.20. The molecular weight excluding hydrogens is 335 g/mol. The van der Waals surface area contributed by atoms with Crippen molar-refractivity contribution in [2.45, 2.75) is 6.54 Å². The summed E-state index contributed by atoms with van der Waals surface area (Å²) < 4.78 is 16.0. The molecule has 0 aliphatic carbocycles. The number of nitriles is 1. The largest absolute Gasteiger partial charge is 0.372 e. The summed E-state index contributed by atoms with van der Waals surface area (Å²) in [5.41, 5.74) is 1.95. The zero-order chi connectivity index (χ0) is 18.3. The number of fused-ring (bicyclic) bond motifs is 1. The van der Waals surface area contributed by atoms with Crippen molar-refractivity contribution >= 4 is 11.7 Å². The third-order valence-corrected chi connectivity index (χ3v) is 4.20. The Bertz CT molecular complexity index is 1080. The van der Waals surface area contributed by atoms with E-state index in [-0.39, 0.29) is 29.3 Å². The monoisotopic (exact) mass is 348 g/mol. The maximum atomic E-state index is 14.4. The Labute approximate surface area is 148 Å². The molecular formula is C18H13FN6O. The smallest absolute Gasteiger partial charge is 0.255 e. The lowest BCUT2D eigenvalue weighted by atomic mass is 10.0. The van der Waals surface area contributed by atoms with E-state index in [0.29, 0.717) is 22.8 Å². The van der Waals surface area contributed by atoms with Gasteiger partial charge in [0, 0.05) is 19.3 Å². The summed E-state index contributed by atoms with van der Waals surface area (Å²) in [7, 11) is 1.74. The zero-order valence-corrected chi connectivity index (χ0v) is 13.7. The minimum atomic E-state index is -0.545. The quantitative estimate of drug-likeness (QED) is 0.757. The van der Waals surface area contributed by atoms with Gasteiger partial charge in [0.25, 0.3) is 5.91 Å². The Morgan fingerprint density at radius 1 is 1.35 bits per heavy atom. The van der Waals surface area contributed by atoms with Gasteiger partial charge in [0.1, 0.15) is 11.6 Å². The van der Waals surface area contributed by atoms with Gasteiger partial charge >= 0.3 is 0 Å². The summed E-state index contributed by atoms with van der Waals surface area (Å²) in [4.78, 5) is 16.7. The molecule has 0 saturated carbocycles. The van der Waals surface area contributed by atoms with Crippen molar-refractivity contribution in [3.63, 3.8) is 0 Å². The number of carbonyl (C=O) groups excluding carboxylic acids is 1. The van der Waals surface area contributed by atoms with Gasteiger partial charge in [-0.2, -0.15) is 10.4 Å². The molecule has 3 aromatic rings. The number of nitrogens with zero attached hydrogens (tertiary/aromatic N) is 4. The first-order valence-corrected chi connectivity index (χ1v) is 7.87. The summed E-state index contributed by atoms with van der Waals surface area (Å²) in [6, 6.07) is 9.61. The highest BCUT2D eigenvalue weighted by molar-refractivity contribution is 6.01. The summed E-state index contributed by atoms with van der Waals surface area (Å²) in [6.07, 6.45) is 1.70. The number of anilines is 1. The molecule has 0 atom stereocenters. The molecule has 1 aliphatic heterocycles. The van der Waals surface area contributed by atoms with E-state index in [1.54, 1.807) is 25.4 Å². The number of hydrogen-bond acceptors (Lipinski definition) is 5. The molecule has 0 fully saturated rings. The van der Waals surface area contributed by atoms with Gasteiger partial charge in [0.15, 0.2) is 0 Å². The van der Waals surface area contributed by atoms with E-state index in [4.69, 9.17) is 0 Å². The lowest BCUT2D eigenvalue weighted by Gasteiger charge is -2.11. The minimum Gasteiger partial charge on any atom is -0.372 e. The van der Waals surface area contributed by atoms with Crippen LogP contribution in [0.25, 0.3) is 16.9 Å². The van der Waals surface area contributed by atoms with Gasteiger partial charge in [-0.1, -0.05) is 6.07 Å². The summed E-state index contributed by atoms with van der Waals surface area (Å²) >= 11 is 0. The van der Waals surface area contributed by atoms with Crippen molar-refractivity contribution in [1.82, 2.24) is 20.1 Å². The molecule has 1 aliphatic rings. The molecule has 0 saturated heterocycles. The van der Waals surface area contributed by atoms with Crippen LogP contribution in [0.3, 0.4) is 0 Å². The highest BCUT2D eigenvalue weighted by Gasteiger charge is 2.27. The molecule has 0 unspecified atom stereocenters. The molecule has 0 radical (unpaired) electrons. The van der Waals surface area contributed by atoms with Gasteiger partial charge in [-0.05, 0) is 18.2 Å². The van der Waals surface area contributed by atoms with Crippen LogP contribution in [0.4, 0.5) is 10.2 Å². The van der Waals surface area contributed by atoms with E-state index >= 15 is 0 Å². The molecule has 0 spiro atoms. The number of rotatable bonds is 3. The van der Waals surface area contributed by atoms with Gasteiger partial charge in [-0.3, -0.25) is 4.79 Å². The van der Waals surface area contributed by atoms with Crippen LogP contribution in [-0.4, -0.2) is 27.7 Å². The van der Waals surface area contributed by atoms with E-state index in [0.717, 1.165) is 0 Å². The number of aromatic nitrogens is 3. The lowest BCUT2D eigenvalue weighted by Crippen LogP contribution is -2.14. The number of carbonyl (C=O) groups is 1. The van der Waals surface area contributed by atoms with Crippen molar-refractivity contribution in [3.8, 4) is 23.0 Å². The summed E-state index contributed by atoms with van der Waals surface area (Å²) in [5, 5.41) is 19.3. The molecule has 4 rings (SSSR count). The fraction of sp³-hybridized carbons (Fsp3) is 0.111. The van der Waals surface area contributed by atoms with Crippen LogP contribution in [-0.2, 0) is 6.54 Å². The first-order valence-electron chi connectivity index (χ1n) is 7.87. The van der Waals surface area contributed by atoms with Crippen molar-refractivity contribution in [2.75, 3.05) is 12.4 Å². The Morgan fingerprint density at radius 2 is 2.19 bits per heavy atom. The van der Waals surface area contributed by atoms with Crippen LogP contribution in [0, 0.1) is 17.1 Å². The molecule has 2 N–H and O–H groups in total. The van der Waals surface area contributed by atoms with E-state index in [1.807, 2.05) is 6.07 Å². The molecule has 2 aromatic heterocycles. The number of halogens is 1. The van der Waals surface area contributed by atoms with E-state index < -0.39 is 5.82 Å². The van der Waals surface area contributed by atoms with Crippen LogP contribution in [0.1, 0.15) is 21.6 Å². The maximum absolute atomic E-state index is 14.4. The molecule has 8 heteroatoms. The van der Waals surface area contributed by atoms with Gasteiger partial charge in [0.05, 0.1) is 46.4 Å². The molecule has 26 heavy (non-hydrogen) atoms. The molecule has 3 heterocycles. The van der Waals surface area contributed by atoms with E-state index in [1.165, 1.54) is 22.9 Å². The second kappa shape index (κ2) is 5.97. The number of pyridine rings is 1. The fourth-order valence-electron chi connectivity index (χ4n) is 2.99. The number of nitrogens with one attached hydrogen (secondary N) is 2. The van der Waals surface area contributed by atoms with Crippen LogP contribution in [0.5, 0.6) is 0 Å². The van der Waals surface area contributed by atoms with E-state index in [9.17, 15) is 14.4 Å². The Hall–Kier alpha value is -3.73. The normalized spacial score (nSPS) is 12.4. The number of hydrogen-bond donors (Lipinski definition) is 2. The van der Waals surface area contributed by atoms with Gasteiger partial charge in [-0.25, -0.2) is 14.1 Å². The lowest BCUT2D eigenvalue weighted by molar-refractivity contribution is 0.0965. The Kier molecular flexibility index (Phi) is 3.62. The van der Waals surface area contributed by atoms with Crippen LogP contribution in [0.15, 0.2) is 36.5 Å². The molecule has 128 valence electrons. The van der Waals surface area contributed by atoms with Crippen molar-refractivity contribution in [1.29, 1.82) is 5.26 Å². The highest BCUT2D eigenvalue weighted by atomic mass is 19.1. The second-order valence-corrected chi connectivity index (χ2v) is 5.70. The first-order chi connectivity index (χ1) is 12.6. The zero-order valence-electron chi connectivity index (χ0n) is 13.7. The van der Waals surface area contributed by atoms with Crippen LogP contribution in [0.2, 0.25) is 0 Å². The third kappa shape index (κ3) is 2.38. The molecule has 0 bridgehead atoms. The SMILES string of the molecule is CNc1ccn(-c2cc(-c3c(F)cccc3C#N)nc3c2C(=O)NC3)n1. The Morgan fingerprint density at radius 3 is 2.92 bits per heavy atom. The van der Waals surface area contributed by atoms with Gasteiger partial charge in [-0.15, -0.1) is 0 Å². The molecule has 1 aromatic carbocycles. The van der Waals surface area contributed by atoms with Crippen LogP contribution >= 0.6 is 0 Å². The van der Waals surface area contributed by atoms with E-state index in [2.05, 4.69) is 20.7 Å². The van der Waals surface area contributed by atoms with Gasteiger partial charge < -0.3 is 10.6 Å². The standard InChI is InChI=1S/C18H13FN6O/c1-21-15-5-6-25(24-15)14-7-12(23-13-9-22-18(26)17(13)14)16-10(8-20)3-2-4-11(16)19/h2-7H,9H2,1H3,(H,21,24)(H,22,26). The average molecular weight is 348 g/mol. The highest BCUT2D eigenvalue weighted by Crippen LogP contribution is 2.31. The van der Waals surface area contributed by atoms with Crippen molar-refractivity contribution < 1.29 is 9.18 Å². The number of benzene rings is 1. The fourth-order valence-corrected chi connectivity index (χ4v) is 2.99. The predicted octanol–water partition coefficient (Wildman–Crippen LogP) is 2.23. The molecule has 1 amide bonds. The summed E-state index contributed by atoms with van der Waals surface area (Å²) in [5.74, 6) is -0.181. The van der Waals surface area contributed by atoms with Crippen molar-refractivity contribution in [3.05, 3.63) is 59.2 Å². The number of amides is 1. The van der Waals surface area contributed by atoms with Gasteiger partial charge in [0.2, 0.25) is 0 Å². The van der Waals surface area contributed by atoms with Crippen molar-refractivity contribution in [2.24, 2.45) is 0 Å². The maximum Gasteiger partial charge on any atom is 0.255 e. The Balaban J connectivity index is 1.99. The predicted molar refractivity (Wildman–Crippen MR) is 92.2 cm³/mol. The topological polar surface area (TPSA) is 95.6 Å². The average Bonchev–Trinajstić information content (AvgIpc) is 3.28.